The van der Waals surface area contributed by atoms with Crippen LogP contribution in [0.15, 0.2) is 36.4 Å². The summed E-state index contributed by atoms with van der Waals surface area (Å²) in [5.74, 6) is 0. The fraction of sp³-hybridized carbons (Fsp3) is 0.368. The van der Waals surface area contributed by atoms with E-state index < -0.39 is 0 Å². The predicted molar refractivity (Wildman–Crippen MR) is 92.1 cm³/mol. The van der Waals surface area contributed by atoms with Gasteiger partial charge in [-0.1, -0.05) is 37.6 Å². The van der Waals surface area contributed by atoms with E-state index in [1.165, 1.54) is 32.9 Å². The van der Waals surface area contributed by atoms with E-state index >= 15 is 0 Å². The first-order chi connectivity index (χ1) is 10.2. The first-order valence-electron chi connectivity index (χ1n) is 7.69. The van der Waals surface area contributed by atoms with Crippen LogP contribution >= 0.6 is 0 Å². The molecule has 0 N–H and O–H groups in total. The highest BCUT2D eigenvalue weighted by Crippen LogP contribution is 2.30. The van der Waals surface area contributed by atoms with Crippen molar-refractivity contribution in [3.05, 3.63) is 47.5 Å². The average Bonchev–Trinajstić information content (AvgIpc) is 2.79. The Kier molecular flexibility index (Phi) is 5.03. The lowest BCUT2D eigenvalue weighted by Gasteiger charge is -2.07. The second kappa shape index (κ2) is 6.77. The Morgan fingerprint density at radius 1 is 0.857 bits per heavy atom. The van der Waals surface area contributed by atoms with Gasteiger partial charge < -0.3 is 9.30 Å². The van der Waals surface area contributed by atoms with Gasteiger partial charge in [0.2, 0.25) is 0 Å². The largest absolute Gasteiger partial charge is 0.383 e. The molecule has 2 heteroatoms. The van der Waals surface area contributed by atoms with Crippen LogP contribution in [-0.2, 0) is 11.3 Å². The van der Waals surface area contributed by atoms with Gasteiger partial charge in [-0.15, -0.1) is 0 Å². The van der Waals surface area contributed by atoms with Gasteiger partial charge >= 0.3 is 0 Å². The minimum atomic E-state index is 0.737. The summed E-state index contributed by atoms with van der Waals surface area (Å²) in [6.45, 7) is 9.92. The van der Waals surface area contributed by atoms with Crippen LogP contribution in [0.3, 0.4) is 0 Å². The van der Waals surface area contributed by atoms with Crippen LogP contribution in [0, 0.1) is 13.8 Å². The van der Waals surface area contributed by atoms with Crippen molar-refractivity contribution in [2.24, 2.45) is 0 Å². The molecule has 0 aliphatic heterocycles. The molecule has 1 heterocycles. The molecule has 2 aromatic carbocycles. The third-order valence-electron chi connectivity index (χ3n) is 3.70. The van der Waals surface area contributed by atoms with Gasteiger partial charge in [-0.3, -0.25) is 0 Å². The van der Waals surface area contributed by atoms with Crippen molar-refractivity contribution in [1.29, 1.82) is 0 Å². The molecule has 0 aliphatic rings. The van der Waals surface area contributed by atoms with E-state index in [4.69, 9.17) is 4.74 Å². The number of methoxy groups -OCH3 is 1. The number of benzene rings is 2. The molecule has 0 spiro atoms. The maximum atomic E-state index is 5.25. The molecule has 1 aromatic heterocycles. The molecule has 0 radical (unpaired) electrons. The van der Waals surface area contributed by atoms with Crippen molar-refractivity contribution >= 4 is 21.8 Å². The average molecular weight is 283 g/mol. The van der Waals surface area contributed by atoms with Gasteiger partial charge in [0.05, 0.1) is 6.61 Å². The lowest BCUT2D eigenvalue weighted by atomic mass is 10.1. The Balaban J connectivity index is 0.000000774. The first kappa shape index (κ1) is 15.6. The Morgan fingerprint density at radius 2 is 1.52 bits per heavy atom. The summed E-state index contributed by atoms with van der Waals surface area (Å²) in [5.41, 5.74) is 5.20. The molecule has 0 saturated heterocycles. The van der Waals surface area contributed by atoms with E-state index in [-0.39, 0.29) is 0 Å². The van der Waals surface area contributed by atoms with Gasteiger partial charge in [0, 0.05) is 35.5 Å². The minimum Gasteiger partial charge on any atom is -0.383 e. The van der Waals surface area contributed by atoms with Gasteiger partial charge in [0.15, 0.2) is 0 Å². The van der Waals surface area contributed by atoms with Crippen LogP contribution in [0.5, 0.6) is 0 Å². The molecular formula is C19H25NO. The van der Waals surface area contributed by atoms with E-state index in [2.05, 4.69) is 54.8 Å². The van der Waals surface area contributed by atoms with Crippen molar-refractivity contribution in [2.75, 3.05) is 13.7 Å². The molecule has 21 heavy (non-hydrogen) atoms. The molecule has 112 valence electrons. The van der Waals surface area contributed by atoms with Gasteiger partial charge in [-0.25, -0.2) is 0 Å². The molecule has 0 amide bonds. The number of ether oxygens (including phenoxy) is 1. The number of hydrogen-bond donors (Lipinski definition) is 0. The van der Waals surface area contributed by atoms with Crippen LogP contribution in [0.1, 0.15) is 25.0 Å². The quantitative estimate of drug-likeness (QED) is 0.653. The van der Waals surface area contributed by atoms with Crippen LogP contribution < -0.4 is 0 Å². The molecule has 2 nitrogen and oxygen atoms in total. The van der Waals surface area contributed by atoms with Crippen LogP contribution in [-0.4, -0.2) is 18.3 Å². The molecule has 0 aliphatic carbocycles. The van der Waals surface area contributed by atoms with Crippen molar-refractivity contribution in [3.63, 3.8) is 0 Å². The van der Waals surface area contributed by atoms with E-state index in [9.17, 15) is 0 Å². The topological polar surface area (TPSA) is 14.2 Å². The third-order valence-corrected chi connectivity index (χ3v) is 3.70. The van der Waals surface area contributed by atoms with Crippen molar-refractivity contribution in [3.8, 4) is 0 Å². The highest BCUT2D eigenvalue weighted by atomic mass is 16.5. The molecule has 0 saturated carbocycles. The number of aryl methyl sites for hydroxylation is 2. The predicted octanol–water partition coefficient (Wildman–Crippen LogP) is 5.08. The highest BCUT2D eigenvalue weighted by molar-refractivity contribution is 6.08. The SMILES string of the molecule is CC.COCCn1c2ccc(C)cc2c2ccc(C)cc21. The number of rotatable bonds is 3. The highest BCUT2D eigenvalue weighted by Gasteiger charge is 2.10. The van der Waals surface area contributed by atoms with E-state index in [1.54, 1.807) is 7.11 Å². The van der Waals surface area contributed by atoms with Crippen molar-refractivity contribution in [2.45, 2.75) is 34.2 Å². The second-order valence-corrected chi connectivity index (χ2v) is 5.19. The molecule has 0 fully saturated rings. The van der Waals surface area contributed by atoms with Gasteiger partial charge in [0.1, 0.15) is 0 Å². The Morgan fingerprint density at radius 3 is 2.24 bits per heavy atom. The fourth-order valence-corrected chi connectivity index (χ4v) is 2.75. The Bertz CT molecular complexity index is 740. The van der Waals surface area contributed by atoms with Gasteiger partial charge in [-0.05, 0) is 37.6 Å². The van der Waals surface area contributed by atoms with Crippen molar-refractivity contribution < 1.29 is 4.74 Å². The van der Waals surface area contributed by atoms with Crippen molar-refractivity contribution in [1.82, 2.24) is 4.57 Å². The number of hydrogen-bond acceptors (Lipinski definition) is 1. The molecule has 0 atom stereocenters. The standard InChI is InChI=1S/C17H19NO.C2H6/c1-12-5-7-16-15(10-12)14-6-4-13(2)11-17(14)18(16)8-9-19-3;1-2/h4-7,10-11H,8-9H2,1-3H3;1-2H3. The normalized spacial score (nSPS) is 10.7. The molecule has 3 rings (SSSR count). The molecule has 0 bridgehead atoms. The van der Waals surface area contributed by atoms with Gasteiger partial charge in [0.25, 0.3) is 0 Å². The van der Waals surface area contributed by atoms with E-state index in [0.717, 1.165) is 13.2 Å². The van der Waals surface area contributed by atoms with Crippen LogP contribution in [0.25, 0.3) is 21.8 Å². The molecule has 0 unspecified atom stereocenters. The lowest BCUT2D eigenvalue weighted by Crippen LogP contribution is -2.03. The smallest absolute Gasteiger partial charge is 0.0642 e. The zero-order chi connectivity index (χ0) is 15.4. The second-order valence-electron chi connectivity index (χ2n) is 5.19. The Hall–Kier alpha value is -1.80. The summed E-state index contributed by atoms with van der Waals surface area (Å²) in [6.07, 6.45) is 0. The van der Waals surface area contributed by atoms with Crippen LogP contribution in [0.4, 0.5) is 0 Å². The van der Waals surface area contributed by atoms with E-state index in [1.807, 2.05) is 13.8 Å². The zero-order valence-corrected chi connectivity index (χ0v) is 13.7. The zero-order valence-electron chi connectivity index (χ0n) is 13.7. The third kappa shape index (κ3) is 2.96. The van der Waals surface area contributed by atoms with E-state index in [0.29, 0.717) is 0 Å². The molecule has 3 aromatic rings. The summed E-state index contributed by atoms with van der Waals surface area (Å²) in [4.78, 5) is 0. The summed E-state index contributed by atoms with van der Waals surface area (Å²) < 4.78 is 7.61. The summed E-state index contributed by atoms with van der Waals surface area (Å²) in [7, 11) is 1.75. The summed E-state index contributed by atoms with van der Waals surface area (Å²) in [6, 6.07) is 13.4. The Labute approximate surface area is 127 Å². The monoisotopic (exact) mass is 283 g/mol. The number of fused-ring (bicyclic) bond motifs is 3. The molecular weight excluding hydrogens is 258 g/mol. The maximum absolute atomic E-state index is 5.25. The summed E-state index contributed by atoms with van der Waals surface area (Å²) in [5, 5.41) is 2.67. The maximum Gasteiger partial charge on any atom is 0.0642 e. The lowest BCUT2D eigenvalue weighted by molar-refractivity contribution is 0.189. The first-order valence-corrected chi connectivity index (χ1v) is 7.69. The summed E-state index contributed by atoms with van der Waals surface area (Å²) >= 11 is 0. The minimum absolute atomic E-state index is 0.737. The van der Waals surface area contributed by atoms with Gasteiger partial charge in [-0.2, -0.15) is 0 Å². The fourth-order valence-electron chi connectivity index (χ4n) is 2.75. The number of aromatic nitrogens is 1. The van der Waals surface area contributed by atoms with Crippen LogP contribution in [0.2, 0.25) is 0 Å². The number of nitrogens with zero attached hydrogens (tertiary/aromatic N) is 1.